The molecule has 1 aromatic carbocycles. The fourth-order valence-electron chi connectivity index (χ4n) is 1.89. The second kappa shape index (κ2) is 8.86. The van der Waals surface area contributed by atoms with Gasteiger partial charge in [0.05, 0.1) is 19.3 Å². The second-order valence-corrected chi connectivity index (χ2v) is 4.99. The van der Waals surface area contributed by atoms with E-state index >= 15 is 0 Å². The minimum Gasteiger partial charge on any atom is -0.389 e. The lowest BCUT2D eigenvalue weighted by Crippen LogP contribution is -2.38. The maximum atomic E-state index is 9.97. The van der Waals surface area contributed by atoms with Crippen LogP contribution < -0.4 is 0 Å². The molecule has 0 amide bonds. The lowest BCUT2D eigenvalue weighted by molar-refractivity contribution is 0.0178. The molecule has 0 radical (unpaired) electrons. The van der Waals surface area contributed by atoms with Crippen LogP contribution in [0.5, 0.6) is 0 Å². The smallest absolute Gasteiger partial charge is 0.0900 e. The highest BCUT2D eigenvalue weighted by Crippen LogP contribution is 2.09. The van der Waals surface area contributed by atoms with E-state index in [4.69, 9.17) is 4.74 Å². The molecule has 0 heterocycles. The lowest BCUT2D eigenvalue weighted by atomic mass is 10.1. The van der Waals surface area contributed by atoms with Gasteiger partial charge in [0.15, 0.2) is 0 Å². The molecule has 0 fully saturated rings. The molecule has 1 N–H and O–H groups in total. The van der Waals surface area contributed by atoms with E-state index < -0.39 is 6.10 Å². The van der Waals surface area contributed by atoms with Gasteiger partial charge in [0.2, 0.25) is 0 Å². The molecule has 1 atom stereocenters. The molecule has 3 nitrogen and oxygen atoms in total. The van der Waals surface area contributed by atoms with Crippen LogP contribution in [0.3, 0.4) is 0 Å². The fourth-order valence-corrected chi connectivity index (χ4v) is 1.89. The van der Waals surface area contributed by atoms with E-state index in [2.05, 4.69) is 37.5 Å². The number of hydrogen-bond donors (Lipinski definition) is 1. The van der Waals surface area contributed by atoms with Crippen LogP contribution in [0.4, 0.5) is 0 Å². The number of nitrogens with zero attached hydrogens (tertiary/aromatic N) is 1. The highest BCUT2D eigenvalue weighted by atomic mass is 16.5. The first kappa shape index (κ1) is 15.9. The van der Waals surface area contributed by atoms with Crippen molar-refractivity contribution in [1.29, 1.82) is 0 Å². The zero-order chi connectivity index (χ0) is 14.1. The molecule has 1 unspecified atom stereocenters. The molecule has 0 aliphatic carbocycles. The summed E-state index contributed by atoms with van der Waals surface area (Å²) < 4.78 is 5.28. The van der Waals surface area contributed by atoms with Crippen LogP contribution in [0.15, 0.2) is 43.0 Å². The van der Waals surface area contributed by atoms with Crippen LogP contribution >= 0.6 is 0 Å². The van der Waals surface area contributed by atoms with Crippen molar-refractivity contribution in [3.05, 3.63) is 48.6 Å². The van der Waals surface area contributed by atoms with Gasteiger partial charge in [-0.3, -0.25) is 4.90 Å². The van der Waals surface area contributed by atoms with Gasteiger partial charge < -0.3 is 9.84 Å². The summed E-state index contributed by atoms with van der Waals surface area (Å²) in [6, 6.07) is 10.7. The second-order valence-electron chi connectivity index (χ2n) is 4.99. The third-order valence-electron chi connectivity index (χ3n) is 2.95. The number of aliphatic hydroxyl groups excluding tert-OH is 1. The van der Waals surface area contributed by atoms with Gasteiger partial charge in [-0.1, -0.05) is 36.4 Å². The zero-order valence-corrected chi connectivity index (χ0v) is 12.0. The van der Waals surface area contributed by atoms with Gasteiger partial charge in [0.1, 0.15) is 0 Å². The Hall–Kier alpha value is -1.16. The molecular weight excluding hydrogens is 238 g/mol. The number of hydrogen-bond acceptors (Lipinski definition) is 3. The SMILES string of the molecule is C=CCOCC(O)CN(Cc1ccccc1)C(C)C. The Morgan fingerprint density at radius 2 is 2.00 bits per heavy atom. The number of benzene rings is 1. The van der Waals surface area contributed by atoms with Gasteiger partial charge in [0.25, 0.3) is 0 Å². The van der Waals surface area contributed by atoms with Crippen molar-refractivity contribution in [1.82, 2.24) is 4.90 Å². The molecule has 0 aliphatic rings. The normalized spacial score (nSPS) is 12.9. The van der Waals surface area contributed by atoms with Crippen molar-refractivity contribution >= 4 is 0 Å². The summed E-state index contributed by atoms with van der Waals surface area (Å²) in [7, 11) is 0. The largest absolute Gasteiger partial charge is 0.389 e. The maximum Gasteiger partial charge on any atom is 0.0900 e. The van der Waals surface area contributed by atoms with Crippen molar-refractivity contribution < 1.29 is 9.84 Å². The molecule has 0 aromatic heterocycles. The average molecular weight is 263 g/mol. The number of ether oxygens (including phenoxy) is 1. The zero-order valence-electron chi connectivity index (χ0n) is 12.0. The number of rotatable bonds is 9. The first-order valence-electron chi connectivity index (χ1n) is 6.78. The molecule has 1 aromatic rings. The Labute approximate surface area is 116 Å². The van der Waals surface area contributed by atoms with Crippen molar-refractivity contribution in [2.24, 2.45) is 0 Å². The predicted molar refractivity (Wildman–Crippen MR) is 79.0 cm³/mol. The molecule has 19 heavy (non-hydrogen) atoms. The molecule has 0 spiro atoms. The highest BCUT2D eigenvalue weighted by Gasteiger charge is 2.15. The van der Waals surface area contributed by atoms with E-state index in [9.17, 15) is 5.11 Å². The monoisotopic (exact) mass is 263 g/mol. The topological polar surface area (TPSA) is 32.7 Å². The molecule has 0 saturated carbocycles. The third-order valence-corrected chi connectivity index (χ3v) is 2.95. The van der Waals surface area contributed by atoms with Crippen molar-refractivity contribution in [2.45, 2.75) is 32.5 Å². The standard InChI is InChI=1S/C16H25NO2/c1-4-10-19-13-16(18)12-17(14(2)3)11-15-8-6-5-7-9-15/h4-9,14,16,18H,1,10-13H2,2-3H3. The van der Waals surface area contributed by atoms with Crippen LogP contribution in [-0.2, 0) is 11.3 Å². The molecule has 0 saturated heterocycles. The summed E-state index contributed by atoms with van der Waals surface area (Å²) in [5.41, 5.74) is 1.26. The summed E-state index contributed by atoms with van der Waals surface area (Å²) in [4.78, 5) is 2.25. The molecule has 106 valence electrons. The van der Waals surface area contributed by atoms with Gasteiger partial charge in [-0.25, -0.2) is 0 Å². The molecule has 3 heteroatoms. The summed E-state index contributed by atoms with van der Waals surface area (Å²) in [5, 5.41) is 9.97. The van der Waals surface area contributed by atoms with Crippen molar-refractivity contribution in [2.75, 3.05) is 19.8 Å². The van der Waals surface area contributed by atoms with Gasteiger partial charge in [-0.15, -0.1) is 6.58 Å². The van der Waals surface area contributed by atoms with Crippen LogP contribution in [0.2, 0.25) is 0 Å². The minimum absolute atomic E-state index is 0.351. The third kappa shape index (κ3) is 6.53. The fraction of sp³-hybridized carbons (Fsp3) is 0.500. The Bertz CT molecular complexity index is 351. The Morgan fingerprint density at radius 3 is 2.58 bits per heavy atom. The molecular formula is C16H25NO2. The lowest BCUT2D eigenvalue weighted by Gasteiger charge is -2.28. The van der Waals surface area contributed by atoms with Crippen LogP contribution in [-0.4, -0.2) is 41.9 Å². The maximum absolute atomic E-state index is 9.97. The first-order valence-corrected chi connectivity index (χ1v) is 6.78. The van der Waals surface area contributed by atoms with Crippen molar-refractivity contribution in [3.63, 3.8) is 0 Å². The van der Waals surface area contributed by atoms with E-state index in [1.54, 1.807) is 6.08 Å². The Kier molecular flexibility index (Phi) is 7.41. The predicted octanol–water partition coefficient (Wildman–Crippen LogP) is 2.46. The van der Waals surface area contributed by atoms with Crippen LogP contribution in [0.25, 0.3) is 0 Å². The first-order chi connectivity index (χ1) is 9.13. The van der Waals surface area contributed by atoms with Gasteiger partial charge in [-0.05, 0) is 19.4 Å². The van der Waals surface area contributed by atoms with E-state index in [-0.39, 0.29) is 0 Å². The van der Waals surface area contributed by atoms with Gasteiger partial charge >= 0.3 is 0 Å². The molecule has 0 bridgehead atoms. The van der Waals surface area contributed by atoms with Crippen LogP contribution in [0, 0.1) is 0 Å². The van der Waals surface area contributed by atoms with Gasteiger partial charge in [-0.2, -0.15) is 0 Å². The van der Waals surface area contributed by atoms with Gasteiger partial charge in [0, 0.05) is 19.1 Å². The van der Waals surface area contributed by atoms with Crippen molar-refractivity contribution in [3.8, 4) is 0 Å². The van der Waals surface area contributed by atoms with E-state index in [0.717, 1.165) is 6.54 Å². The Morgan fingerprint density at radius 1 is 1.32 bits per heavy atom. The van der Waals surface area contributed by atoms with E-state index in [1.165, 1.54) is 5.56 Å². The van der Waals surface area contributed by atoms with Crippen LogP contribution in [0.1, 0.15) is 19.4 Å². The molecule has 1 rings (SSSR count). The summed E-state index contributed by atoms with van der Waals surface area (Å²) in [6.07, 6.45) is 1.22. The quantitative estimate of drug-likeness (QED) is 0.549. The average Bonchev–Trinajstić information content (AvgIpc) is 2.39. The Balaban J connectivity index is 2.46. The summed E-state index contributed by atoms with van der Waals surface area (Å²) >= 11 is 0. The van der Waals surface area contributed by atoms with E-state index in [1.807, 2.05) is 18.2 Å². The molecule has 0 aliphatic heterocycles. The number of aliphatic hydroxyl groups is 1. The summed E-state index contributed by atoms with van der Waals surface area (Å²) in [5.74, 6) is 0. The minimum atomic E-state index is -0.467. The van der Waals surface area contributed by atoms with E-state index in [0.29, 0.717) is 25.8 Å². The highest BCUT2D eigenvalue weighted by molar-refractivity contribution is 5.14. The summed E-state index contributed by atoms with van der Waals surface area (Å²) in [6.45, 7) is 10.2.